The molecule has 0 aromatic rings. The molecule has 1 aliphatic carbocycles. The zero-order valence-corrected chi connectivity index (χ0v) is 12.4. The highest BCUT2D eigenvalue weighted by molar-refractivity contribution is 5.80. The Hall–Kier alpha value is -0.990. The molecule has 19 heavy (non-hydrogen) atoms. The first-order valence-electron chi connectivity index (χ1n) is 7.81. The summed E-state index contributed by atoms with van der Waals surface area (Å²) in [7, 11) is 0. The number of hydrogen-bond acceptors (Lipinski definition) is 3. The first-order valence-corrected chi connectivity index (χ1v) is 7.81. The van der Waals surface area contributed by atoms with E-state index in [4.69, 9.17) is 4.74 Å². The molecule has 2 rings (SSSR count). The van der Waals surface area contributed by atoms with Gasteiger partial charge in [-0.1, -0.05) is 18.9 Å². The Morgan fingerprint density at radius 1 is 1.26 bits per heavy atom. The minimum atomic E-state index is -0.418. The maximum absolute atomic E-state index is 12.4. The van der Waals surface area contributed by atoms with Gasteiger partial charge in [0.1, 0.15) is 5.41 Å². The lowest BCUT2D eigenvalue weighted by Crippen LogP contribution is -2.42. The van der Waals surface area contributed by atoms with E-state index in [1.54, 1.807) is 0 Å². The maximum atomic E-state index is 12.4. The average Bonchev–Trinajstić information content (AvgIpc) is 2.68. The molecule has 1 atom stereocenters. The third kappa shape index (κ3) is 3.13. The number of hydrogen-bond donors (Lipinski definition) is 0. The van der Waals surface area contributed by atoms with Crippen molar-refractivity contribution in [3.63, 3.8) is 0 Å². The normalized spacial score (nSPS) is 28.5. The predicted molar refractivity (Wildman–Crippen MR) is 76.7 cm³/mol. The van der Waals surface area contributed by atoms with Crippen LogP contribution < -0.4 is 0 Å². The van der Waals surface area contributed by atoms with Gasteiger partial charge in [-0.05, 0) is 46.0 Å². The Morgan fingerprint density at radius 2 is 1.95 bits per heavy atom. The fourth-order valence-corrected chi connectivity index (χ4v) is 3.33. The van der Waals surface area contributed by atoms with Gasteiger partial charge in [0.15, 0.2) is 0 Å². The van der Waals surface area contributed by atoms with E-state index in [2.05, 4.69) is 17.9 Å². The molecule has 1 heterocycles. The predicted octanol–water partition coefficient (Wildman–Crippen LogP) is 3.50. The molecule has 1 aliphatic heterocycles. The van der Waals surface area contributed by atoms with Crippen LogP contribution in [0.25, 0.3) is 0 Å². The average molecular weight is 265 g/mol. The lowest BCUT2D eigenvalue weighted by atomic mass is 9.77. The summed E-state index contributed by atoms with van der Waals surface area (Å²) < 4.78 is 5.33. The van der Waals surface area contributed by atoms with Crippen molar-refractivity contribution in [1.82, 2.24) is 4.90 Å². The second-order valence-electron chi connectivity index (χ2n) is 5.94. The second-order valence-corrected chi connectivity index (χ2v) is 5.94. The Bertz CT molecular complexity index is 343. The summed E-state index contributed by atoms with van der Waals surface area (Å²) in [6, 6.07) is 0. The van der Waals surface area contributed by atoms with Crippen LogP contribution in [0.1, 0.15) is 58.8 Å². The number of carbonyl (C=O) groups excluding carboxylic acids is 1. The molecule has 3 heteroatoms. The monoisotopic (exact) mass is 265 g/mol. The molecule has 0 radical (unpaired) electrons. The highest BCUT2D eigenvalue weighted by Gasteiger charge is 2.42. The van der Waals surface area contributed by atoms with Crippen molar-refractivity contribution in [3.8, 4) is 0 Å². The molecule has 1 unspecified atom stereocenters. The van der Waals surface area contributed by atoms with Crippen LogP contribution in [0.2, 0.25) is 0 Å². The highest BCUT2D eigenvalue weighted by atomic mass is 16.5. The molecule has 108 valence electrons. The van der Waals surface area contributed by atoms with E-state index in [1.807, 2.05) is 6.92 Å². The fraction of sp³-hybridized carbons (Fsp3) is 0.812. The van der Waals surface area contributed by atoms with Gasteiger partial charge in [-0.25, -0.2) is 0 Å². The third-order valence-corrected chi connectivity index (χ3v) is 4.46. The zero-order valence-electron chi connectivity index (χ0n) is 12.4. The second kappa shape index (κ2) is 6.44. The zero-order chi connectivity index (χ0) is 13.7. The number of allylic oxidation sites excluding steroid dienone is 1. The molecule has 0 bridgehead atoms. The Labute approximate surface area is 117 Å². The summed E-state index contributed by atoms with van der Waals surface area (Å²) in [4.78, 5) is 14.8. The van der Waals surface area contributed by atoms with E-state index in [0.717, 1.165) is 32.4 Å². The summed E-state index contributed by atoms with van der Waals surface area (Å²) in [6.07, 6.45) is 10.5. The molecular weight excluding hydrogens is 238 g/mol. The molecule has 0 amide bonds. The fourth-order valence-electron chi connectivity index (χ4n) is 3.33. The molecule has 1 fully saturated rings. The molecular formula is C16H27NO2. The first-order chi connectivity index (χ1) is 9.18. The van der Waals surface area contributed by atoms with Crippen LogP contribution in [-0.2, 0) is 9.53 Å². The van der Waals surface area contributed by atoms with Crippen molar-refractivity contribution in [2.75, 3.05) is 19.7 Å². The Morgan fingerprint density at radius 3 is 2.58 bits per heavy atom. The molecule has 0 spiro atoms. The van der Waals surface area contributed by atoms with Crippen molar-refractivity contribution in [3.05, 3.63) is 11.8 Å². The topological polar surface area (TPSA) is 29.5 Å². The lowest BCUT2D eigenvalue weighted by Gasteiger charge is -2.40. The minimum absolute atomic E-state index is 0.0369. The van der Waals surface area contributed by atoms with Crippen LogP contribution in [0.4, 0.5) is 0 Å². The van der Waals surface area contributed by atoms with Gasteiger partial charge in [-0.3, -0.25) is 4.79 Å². The largest absolute Gasteiger partial charge is 0.465 e. The number of ether oxygens (including phenoxy) is 1. The first kappa shape index (κ1) is 14.4. The molecule has 0 aromatic carbocycles. The minimum Gasteiger partial charge on any atom is -0.465 e. The smallest absolute Gasteiger partial charge is 0.317 e. The van der Waals surface area contributed by atoms with Gasteiger partial charge in [0.25, 0.3) is 0 Å². The van der Waals surface area contributed by atoms with Crippen LogP contribution in [0.3, 0.4) is 0 Å². The van der Waals surface area contributed by atoms with E-state index in [-0.39, 0.29) is 5.97 Å². The summed E-state index contributed by atoms with van der Waals surface area (Å²) >= 11 is 0. The van der Waals surface area contributed by atoms with Crippen LogP contribution in [0.15, 0.2) is 11.8 Å². The van der Waals surface area contributed by atoms with E-state index in [1.165, 1.54) is 31.4 Å². The number of esters is 1. The van der Waals surface area contributed by atoms with Crippen molar-refractivity contribution in [1.29, 1.82) is 0 Å². The maximum Gasteiger partial charge on any atom is 0.317 e. The van der Waals surface area contributed by atoms with Crippen molar-refractivity contribution in [2.45, 2.75) is 58.8 Å². The van der Waals surface area contributed by atoms with E-state index in [0.29, 0.717) is 6.61 Å². The van der Waals surface area contributed by atoms with Crippen LogP contribution in [0, 0.1) is 5.41 Å². The molecule has 2 aliphatic rings. The van der Waals surface area contributed by atoms with Gasteiger partial charge in [0.2, 0.25) is 0 Å². The van der Waals surface area contributed by atoms with E-state index < -0.39 is 5.41 Å². The van der Waals surface area contributed by atoms with Crippen molar-refractivity contribution < 1.29 is 9.53 Å². The van der Waals surface area contributed by atoms with E-state index in [9.17, 15) is 4.79 Å². The summed E-state index contributed by atoms with van der Waals surface area (Å²) in [5.74, 6) is -0.0369. The van der Waals surface area contributed by atoms with Gasteiger partial charge < -0.3 is 9.64 Å². The van der Waals surface area contributed by atoms with E-state index >= 15 is 0 Å². The van der Waals surface area contributed by atoms with Crippen molar-refractivity contribution >= 4 is 5.97 Å². The number of rotatable bonds is 3. The van der Waals surface area contributed by atoms with Crippen LogP contribution in [0.5, 0.6) is 0 Å². The van der Waals surface area contributed by atoms with Gasteiger partial charge in [0.05, 0.1) is 6.61 Å². The summed E-state index contributed by atoms with van der Waals surface area (Å²) in [6.45, 7) is 6.63. The summed E-state index contributed by atoms with van der Waals surface area (Å²) in [5, 5.41) is 0. The third-order valence-electron chi connectivity index (χ3n) is 4.46. The van der Waals surface area contributed by atoms with Crippen LogP contribution in [-0.4, -0.2) is 30.6 Å². The lowest BCUT2D eigenvalue weighted by molar-refractivity contribution is -0.154. The number of nitrogens with zero attached hydrogens (tertiary/aromatic N) is 1. The Kier molecular flexibility index (Phi) is 4.89. The molecule has 0 N–H and O–H groups in total. The molecule has 3 nitrogen and oxygen atoms in total. The van der Waals surface area contributed by atoms with Crippen LogP contribution >= 0.6 is 0 Å². The molecule has 0 saturated carbocycles. The standard InChI is InChI=1S/C16H27NO2/c1-3-19-15(18)16(2)11-7-6-10-14(16)17-12-8-4-5-9-13-17/h10H,3-9,11-13H2,1-2H3. The highest BCUT2D eigenvalue weighted by Crippen LogP contribution is 2.40. The molecule has 1 saturated heterocycles. The molecule has 0 aromatic heterocycles. The van der Waals surface area contributed by atoms with Gasteiger partial charge in [-0.15, -0.1) is 0 Å². The van der Waals surface area contributed by atoms with Gasteiger partial charge >= 0.3 is 5.97 Å². The number of likely N-dealkylation sites (tertiary alicyclic amines) is 1. The Balaban J connectivity index is 2.18. The van der Waals surface area contributed by atoms with Gasteiger partial charge in [0, 0.05) is 18.8 Å². The summed E-state index contributed by atoms with van der Waals surface area (Å²) in [5.41, 5.74) is 0.817. The van der Waals surface area contributed by atoms with Crippen molar-refractivity contribution in [2.24, 2.45) is 5.41 Å². The van der Waals surface area contributed by atoms with Gasteiger partial charge in [-0.2, -0.15) is 0 Å². The number of carbonyl (C=O) groups is 1. The quantitative estimate of drug-likeness (QED) is 0.731. The SMILES string of the molecule is CCOC(=O)C1(C)CCCC=C1N1CCCCCC1.